The molecule has 0 N–H and O–H groups in total. The van der Waals surface area contributed by atoms with E-state index in [9.17, 15) is 9.18 Å². The van der Waals surface area contributed by atoms with Gasteiger partial charge in [0, 0.05) is 0 Å². The molecule has 0 aliphatic carbocycles. The largest absolute Gasteiger partial charge is 0.459 e. The Balaban J connectivity index is 2.44. The Morgan fingerprint density at radius 2 is 1.86 bits per heavy atom. The van der Waals surface area contributed by atoms with E-state index >= 15 is 0 Å². The Hall–Kier alpha value is -1.94. The Morgan fingerprint density at radius 1 is 1.14 bits per heavy atom. The molecule has 2 nitrogen and oxygen atoms in total. The highest BCUT2D eigenvalue weighted by Gasteiger charge is 2.22. The van der Waals surface area contributed by atoms with Crippen LogP contribution in [-0.2, 0) is 0 Å². The summed E-state index contributed by atoms with van der Waals surface area (Å²) in [5.74, 6) is -0.0191. The number of rotatable bonds is 3. The van der Waals surface area contributed by atoms with Crippen molar-refractivity contribution in [3.63, 3.8) is 0 Å². The number of halogens is 2. The molecule has 22 heavy (non-hydrogen) atoms. The zero-order valence-corrected chi connectivity index (χ0v) is 13.6. The van der Waals surface area contributed by atoms with Gasteiger partial charge in [-0.05, 0) is 24.1 Å². The minimum absolute atomic E-state index is 0.000839. The molecule has 0 fully saturated rings. The quantitative estimate of drug-likeness (QED) is 0.581. The van der Waals surface area contributed by atoms with Crippen LogP contribution in [0.3, 0.4) is 0 Å². The van der Waals surface area contributed by atoms with Crippen LogP contribution >= 0.6 is 15.9 Å². The predicted octanol–water partition coefficient (Wildman–Crippen LogP) is 5.45. The molecule has 1 heterocycles. The first kappa shape index (κ1) is 15.0. The monoisotopic (exact) mass is 360 g/mol. The highest BCUT2D eigenvalue weighted by atomic mass is 79.9. The summed E-state index contributed by atoms with van der Waals surface area (Å²) in [5, 5.41) is 0.000839. The third-order valence-electron chi connectivity index (χ3n) is 3.60. The van der Waals surface area contributed by atoms with Crippen LogP contribution in [0.25, 0.3) is 22.1 Å². The Morgan fingerprint density at radius 3 is 2.55 bits per heavy atom. The molecule has 0 saturated heterocycles. The van der Waals surface area contributed by atoms with Gasteiger partial charge in [-0.2, -0.15) is 0 Å². The first-order valence-corrected chi connectivity index (χ1v) is 7.99. The van der Waals surface area contributed by atoms with Crippen molar-refractivity contribution in [1.29, 1.82) is 0 Å². The fourth-order valence-corrected chi connectivity index (χ4v) is 2.82. The van der Waals surface area contributed by atoms with Crippen molar-refractivity contribution in [1.82, 2.24) is 0 Å². The molecular formula is C18H14BrFO2. The highest BCUT2D eigenvalue weighted by molar-refractivity contribution is 9.09. The van der Waals surface area contributed by atoms with Crippen molar-refractivity contribution >= 4 is 26.9 Å². The lowest BCUT2D eigenvalue weighted by Gasteiger charge is -2.13. The smallest absolute Gasteiger partial charge is 0.203 e. The van der Waals surface area contributed by atoms with E-state index in [2.05, 4.69) is 15.9 Å². The maximum Gasteiger partial charge on any atom is 0.203 e. The first-order chi connectivity index (χ1) is 10.6. The van der Waals surface area contributed by atoms with Crippen molar-refractivity contribution in [3.8, 4) is 11.1 Å². The molecule has 3 aromatic rings. The maximum atomic E-state index is 14.1. The predicted molar refractivity (Wildman–Crippen MR) is 89.8 cm³/mol. The molecule has 0 saturated carbocycles. The van der Waals surface area contributed by atoms with Gasteiger partial charge >= 0.3 is 0 Å². The van der Waals surface area contributed by atoms with Gasteiger partial charge < -0.3 is 4.42 Å². The van der Waals surface area contributed by atoms with Crippen LogP contribution in [0.1, 0.15) is 23.9 Å². The van der Waals surface area contributed by atoms with Crippen molar-refractivity contribution in [3.05, 3.63) is 70.3 Å². The molecule has 112 valence electrons. The zero-order valence-electron chi connectivity index (χ0n) is 12.0. The molecule has 1 unspecified atom stereocenters. The van der Waals surface area contributed by atoms with Gasteiger partial charge in [0.05, 0.1) is 10.4 Å². The molecule has 0 spiro atoms. The van der Waals surface area contributed by atoms with Gasteiger partial charge in [-0.15, -0.1) is 0 Å². The second-order valence-corrected chi connectivity index (χ2v) is 6.13. The lowest BCUT2D eigenvalue weighted by molar-refractivity contribution is 0.529. The highest BCUT2D eigenvalue weighted by Crippen LogP contribution is 2.35. The van der Waals surface area contributed by atoms with E-state index in [1.807, 2.05) is 37.3 Å². The van der Waals surface area contributed by atoms with Crippen molar-refractivity contribution in [2.45, 2.75) is 18.2 Å². The number of fused-ring (bicyclic) bond motifs is 1. The van der Waals surface area contributed by atoms with Crippen LogP contribution in [0.15, 0.2) is 57.7 Å². The number of benzene rings is 2. The van der Waals surface area contributed by atoms with Crippen LogP contribution in [0.5, 0.6) is 0 Å². The van der Waals surface area contributed by atoms with Crippen molar-refractivity contribution < 1.29 is 8.81 Å². The average molecular weight is 361 g/mol. The SMILES string of the molecule is CCC(Br)c1oc2cccc(F)c2c(=O)c1-c1ccccc1. The van der Waals surface area contributed by atoms with Gasteiger partial charge in [-0.3, -0.25) is 4.79 Å². The van der Waals surface area contributed by atoms with E-state index in [0.717, 1.165) is 12.0 Å². The summed E-state index contributed by atoms with van der Waals surface area (Å²) in [6.07, 6.45) is 0.754. The fraction of sp³-hybridized carbons (Fsp3) is 0.167. The van der Waals surface area contributed by atoms with Gasteiger partial charge in [0.25, 0.3) is 0 Å². The van der Waals surface area contributed by atoms with Gasteiger partial charge in [-0.1, -0.05) is 59.3 Å². The summed E-state index contributed by atoms with van der Waals surface area (Å²) in [5.41, 5.74) is 1.09. The van der Waals surface area contributed by atoms with E-state index in [0.29, 0.717) is 11.3 Å². The molecule has 3 rings (SSSR count). The topological polar surface area (TPSA) is 30.2 Å². The third kappa shape index (κ3) is 2.48. The van der Waals surface area contributed by atoms with Crippen molar-refractivity contribution in [2.75, 3.05) is 0 Å². The van der Waals surface area contributed by atoms with E-state index < -0.39 is 5.82 Å². The Bertz CT molecular complexity index is 871. The van der Waals surface area contributed by atoms with Crippen LogP contribution in [0.2, 0.25) is 0 Å². The van der Waals surface area contributed by atoms with Gasteiger partial charge in [-0.25, -0.2) is 4.39 Å². The summed E-state index contributed by atoms with van der Waals surface area (Å²) in [7, 11) is 0. The molecular weight excluding hydrogens is 347 g/mol. The second-order valence-electron chi connectivity index (χ2n) is 5.03. The van der Waals surface area contributed by atoms with E-state index in [1.54, 1.807) is 12.1 Å². The lowest BCUT2D eigenvalue weighted by atomic mass is 10.00. The average Bonchev–Trinajstić information content (AvgIpc) is 2.54. The summed E-state index contributed by atoms with van der Waals surface area (Å²) >= 11 is 3.55. The van der Waals surface area contributed by atoms with E-state index in [4.69, 9.17) is 4.42 Å². The summed E-state index contributed by atoms with van der Waals surface area (Å²) in [4.78, 5) is 12.8. The lowest BCUT2D eigenvalue weighted by Crippen LogP contribution is -2.11. The molecule has 0 aliphatic rings. The van der Waals surface area contributed by atoms with Crippen LogP contribution in [0, 0.1) is 5.82 Å². The summed E-state index contributed by atoms with van der Waals surface area (Å²) in [6.45, 7) is 1.99. The van der Waals surface area contributed by atoms with Crippen LogP contribution < -0.4 is 5.43 Å². The molecule has 1 aromatic heterocycles. The molecule has 0 amide bonds. The van der Waals surface area contributed by atoms with E-state index in [1.165, 1.54) is 6.07 Å². The molecule has 0 aliphatic heterocycles. The third-order valence-corrected chi connectivity index (χ3v) is 4.66. The second kappa shape index (κ2) is 6.05. The minimum atomic E-state index is -0.558. The Kier molecular flexibility index (Phi) is 4.12. The molecule has 0 bridgehead atoms. The van der Waals surface area contributed by atoms with Crippen LogP contribution in [0.4, 0.5) is 4.39 Å². The van der Waals surface area contributed by atoms with Crippen molar-refractivity contribution in [2.24, 2.45) is 0 Å². The number of hydrogen-bond donors (Lipinski definition) is 0. The molecule has 0 radical (unpaired) electrons. The van der Waals surface area contributed by atoms with Gasteiger partial charge in [0.15, 0.2) is 0 Å². The van der Waals surface area contributed by atoms with Gasteiger partial charge in [0.2, 0.25) is 5.43 Å². The molecule has 2 aromatic carbocycles. The number of hydrogen-bond acceptors (Lipinski definition) is 2. The first-order valence-electron chi connectivity index (χ1n) is 7.08. The molecule has 1 atom stereocenters. The Labute approximate surface area is 135 Å². The fourth-order valence-electron chi connectivity index (χ4n) is 2.50. The minimum Gasteiger partial charge on any atom is -0.459 e. The maximum absolute atomic E-state index is 14.1. The van der Waals surface area contributed by atoms with Crippen LogP contribution in [-0.4, -0.2) is 0 Å². The number of alkyl halides is 1. The normalized spacial score (nSPS) is 12.5. The standard InChI is InChI=1S/C18H14BrFO2/c1-2-12(19)18-15(11-7-4-3-5-8-11)17(21)16-13(20)9-6-10-14(16)22-18/h3-10,12H,2H2,1H3. The summed E-state index contributed by atoms with van der Waals surface area (Å²) < 4.78 is 20.0. The zero-order chi connectivity index (χ0) is 15.7. The summed E-state index contributed by atoms with van der Waals surface area (Å²) in [6, 6.07) is 13.7. The molecule has 4 heteroatoms. The van der Waals surface area contributed by atoms with Gasteiger partial charge in [0.1, 0.15) is 22.5 Å². The van der Waals surface area contributed by atoms with E-state index in [-0.39, 0.29) is 21.2 Å².